The molecular weight excluding hydrogens is 344 g/mol. The van der Waals surface area contributed by atoms with E-state index >= 15 is 0 Å². The maximum Gasteiger partial charge on any atom is 0.225 e. The second-order valence-electron chi connectivity index (χ2n) is 7.02. The number of aromatic nitrogens is 6. The number of nitrogens with zero attached hydrogens (tertiary/aromatic N) is 6. The number of carbonyl (C=O) groups excluding carboxylic acids is 1. The van der Waals surface area contributed by atoms with Crippen molar-refractivity contribution in [3.05, 3.63) is 36.9 Å². The maximum atomic E-state index is 12.4. The summed E-state index contributed by atoms with van der Waals surface area (Å²) in [6.45, 7) is 1.37. The van der Waals surface area contributed by atoms with Crippen LogP contribution < -0.4 is 10.6 Å². The predicted octanol–water partition coefficient (Wildman–Crippen LogP) is 1.24. The molecule has 9 heteroatoms. The molecule has 1 aliphatic rings. The van der Waals surface area contributed by atoms with Crippen LogP contribution in [0.25, 0.3) is 11.2 Å². The molecule has 1 aliphatic heterocycles. The van der Waals surface area contributed by atoms with Gasteiger partial charge in [-0.15, -0.1) is 0 Å². The number of imidazole rings is 1. The Morgan fingerprint density at radius 2 is 2.19 bits per heavy atom. The Bertz CT molecular complexity index is 927. The van der Waals surface area contributed by atoms with Crippen molar-refractivity contribution in [2.45, 2.75) is 32.1 Å². The first-order chi connectivity index (χ1) is 13.2. The molecular formula is C18H22N8O. The minimum absolute atomic E-state index is 0.249. The summed E-state index contributed by atoms with van der Waals surface area (Å²) in [5.41, 5.74) is 7.64. The summed E-state index contributed by atoms with van der Waals surface area (Å²) in [5, 5.41) is 0. The minimum Gasteiger partial charge on any atom is -0.369 e. The fourth-order valence-corrected chi connectivity index (χ4v) is 3.90. The van der Waals surface area contributed by atoms with E-state index in [1.807, 2.05) is 0 Å². The van der Waals surface area contributed by atoms with Crippen LogP contribution in [0.4, 0.5) is 5.82 Å². The van der Waals surface area contributed by atoms with E-state index in [-0.39, 0.29) is 5.91 Å². The van der Waals surface area contributed by atoms with Gasteiger partial charge in [-0.3, -0.25) is 14.8 Å². The van der Waals surface area contributed by atoms with Gasteiger partial charge in [0.05, 0.1) is 17.4 Å². The summed E-state index contributed by atoms with van der Waals surface area (Å²) in [6, 6.07) is 0. The largest absolute Gasteiger partial charge is 0.369 e. The van der Waals surface area contributed by atoms with Gasteiger partial charge in [0.25, 0.3) is 0 Å². The number of hydrogen-bond donors (Lipinski definition) is 2. The van der Waals surface area contributed by atoms with Gasteiger partial charge in [-0.1, -0.05) is 0 Å². The van der Waals surface area contributed by atoms with Crippen LogP contribution in [0.2, 0.25) is 0 Å². The molecule has 1 fully saturated rings. The van der Waals surface area contributed by atoms with Gasteiger partial charge in [0.2, 0.25) is 5.91 Å². The lowest BCUT2D eigenvalue weighted by atomic mass is 9.75. The first-order valence-electron chi connectivity index (χ1n) is 9.12. The normalized spacial score (nSPS) is 20.1. The van der Waals surface area contributed by atoms with Gasteiger partial charge in [0, 0.05) is 31.7 Å². The standard InChI is InChI=1S/C18H22N8O/c19-17(27)18(4-1-3-13-9-20-6-7-21-13)5-2-8-26(10-18)16-14-15(23-11-22-14)24-12-25-16/h6-7,9,11-12H,1-5,8,10H2,(H2,19,27)(H,22,23,24,25). The van der Waals surface area contributed by atoms with Crippen LogP contribution in [-0.4, -0.2) is 48.9 Å². The molecule has 4 rings (SSSR count). The number of nitrogens with two attached hydrogens (primary N) is 1. The van der Waals surface area contributed by atoms with E-state index in [1.54, 1.807) is 24.9 Å². The highest BCUT2D eigenvalue weighted by atomic mass is 16.1. The third-order valence-electron chi connectivity index (χ3n) is 5.31. The second-order valence-corrected chi connectivity index (χ2v) is 7.02. The molecule has 1 atom stereocenters. The molecule has 0 aliphatic carbocycles. The van der Waals surface area contributed by atoms with Gasteiger partial charge in [-0.25, -0.2) is 15.0 Å². The third kappa shape index (κ3) is 3.44. The number of nitrogens with one attached hydrogen (secondary N) is 1. The average Bonchev–Trinajstić information content (AvgIpc) is 3.18. The lowest BCUT2D eigenvalue weighted by molar-refractivity contribution is -0.128. The van der Waals surface area contributed by atoms with E-state index in [9.17, 15) is 4.79 Å². The number of primary amides is 1. The number of aryl methyl sites for hydroxylation is 1. The third-order valence-corrected chi connectivity index (χ3v) is 5.31. The molecule has 9 nitrogen and oxygen atoms in total. The van der Waals surface area contributed by atoms with Crippen LogP contribution in [0.5, 0.6) is 0 Å². The number of amides is 1. The van der Waals surface area contributed by atoms with E-state index in [1.165, 1.54) is 6.33 Å². The highest BCUT2D eigenvalue weighted by molar-refractivity contribution is 5.85. The van der Waals surface area contributed by atoms with Crippen molar-refractivity contribution in [1.82, 2.24) is 29.9 Å². The van der Waals surface area contributed by atoms with Crippen LogP contribution in [0.1, 0.15) is 31.4 Å². The summed E-state index contributed by atoms with van der Waals surface area (Å²) in [5.74, 6) is 0.526. The molecule has 1 unspecified atom stereocenters. The summed E-state index contributed by atoms with van der Waals surface area (Å²) in [7, 11) is 0. The van der Waals surface area contributed by atoms with Crippen molar-refractivity contribution < 1.29 is 4.79 Å². The molecule has 27 heavy (non-hydrogen) atoms. The number of fused-ring (bicyclic) bond motifs is 1. The lowest BCUT2D eigenvalue weighted by Gasteiger charge is -2.41. The number of piperidine rings is 1. The molecule has 0 bridgehead atoms. The van der Waals surface area contributed by atoms with Gasteiger partial charge in [0.1, 0.15) is 11.8 Å². The Labute approximate surface area is 156 Å². The van der Waals surface area contributed by atoms with E-state index < -0.39 is 5.41 Å². The number of hydrogen-bond acceptors (Lipinski definition) is 7. The topological polar surface area (TPSA) is 127 Å². The van der Waals surface area contributed by atoms with Crippen LogP contribution in [0, 0.1) is 5.41 Å². The molecule has 1 saturated heterocycles. The molecule has 1 amide bonds. The van der Waals surface area contributed by atoms with Crippen molar-refractivity contribution in [2.75, 3.05) is 18.0 Å². The SMILES string of the molecule is NC(=O)C1(CCCc2cnccn2)CCCN(c2ncnc3nc[nH]c23)C1. The van der Waals surface area contributed by atoms with Crippen molar-refractivity contribution in [1.29, 1.82) is 0 Å². The Morgan fingerprint density at radius 3 is 3.00 bits per heavy atom. The molecule has 3 aromatic heterocycles. The first kappa shape index (κ1) is 17.3. The highest BCUT2D eigenvalue weighted by Crippen LogP contribution is 2.37. The molecule has 0 aromatic carbocycles. The lowest BCUT2D eigenvalue weighted by Crippen LogP contribution is -2.51. The predicted molar refractivity (Wildman–Crippen MR) is 99.7 cm³/mol. The zero-order valence-electron chi connectivity index (χ0n) is 15.0. The van der Waals surface area contributed by atoms with Gasteiger partial charge >= 0.3 is 0 Å². The van der Waals surface area contributed by atoms with Gasteiger partial charge in [0.15, 0.2) is 11.5 Å². The molecule has 0 saturated carbocycles. The summed E-state index contributed by atoms with van der Waals surface area (Å²) >= 11 is 0. The zero-order chi connectivity index (χ0) is 18.7. The van der Waals surface area contributed by atoms with E-state index in [0.29, 0.717) is 18.6 Å². The highest BCUT2D eigenvalue weighted by Gasteiger charge is 2.41. The molecule has 3 N–H and O–H groups in total. The fourth-order valence-electron chi connectivity index (χ4n) is 3.90. The van der Waals surface area contributed by atoms with Gasteiger partial charge in [-0.2, -0.15) is 0 Å². The van der Waals surface area contributed by atoms with Crippen molar-refractivity contribution in [3.8, 4) is 0 Å². The molecule has 3 aromatic rings. The van der Waals surface area contributed by atoms with Crippen LogP contribution in [0.15, 0.2) is 31.2 Å². The zero-order valence-corrected chi connectivity index (χ0v) is 15.0. The number of aromatic amines is 1. The van der Waals surface area contributed by atoms with Crippen molar-refractivity contribution in [3.63, 3.8) is 0 Å². The molecule has 4 heterocycles. The summed E-state index contributed by atoms with van der Waals surface area (Å²) in [6.07, 6.45) is 12.2. The van der Waals surface area contributed by atoms with E-state index in [2.05, 4.69) is 34.8 Å². The van der Waals surface area contributed by atoms with Crippen LogP contribution in [-0.2, 0) is 11.2 Å². The smallest absolute Gasteiger partial charge is 0.225 e. The van der Waals surface area contributed by atoms with E-state index in [0.717, 1.165) is 49.3 Å². The maximum absolute atomic E-state index is 12.4. The first-order valence-corrected chi connectivity index (χ1v) is 9.12. The minimum atomic E-state index is -0.572. The van der Waals surface area contributed by atoms with Crippen LogP contribution in [0.3, 0.4) is 0 Å². The Balaban J connectivity index is 1.52. The number of rotatable bonds is 6. The van der Waals surface area contributed by atoms with Crippen molar-refractivity contribution in [2.24, 2.45) is 11.1 Å². The monoisotopic (exact) mass is 366 g/mol. The Hall–Kier alpha value is -3.10. The number of anilines is 1. The quantitative estimate of drug-likeness (QED) is 0.672. The fraction of sp³-hybridized carbons (Fsp3) is 0.444. The Morgan fingerprint density at radius 1 is 1.26 bits per heavy atom. The number of H-pyrrole nitrogens is 1. The number of carbonyl (C=O) groups is 1. The summed E-state index contributed by atoms with van der Waals surface area (Å²) < 4.78 is 0. The second kappa shape index (κ2) is 7.26. The average molecular weight is 366 g/mol. The molecule has 140 valence electrons. The van der Waals surface area contributed by atoms with Crippen LogP contribution >= 0.6 is 0 Å². The Kier molecular flexibility index (Phi) is 4.66. The summed E-state index contributed by atoms with van der Waals surface area (Å²) in [4.78, 5) is 38.8. The molecule has 0 radical (unpaired) electrons. The van der Waals surface area contributed by atoms with E-state index in [4.69, 9.17) is 5.73 Å². The van der Waals surface area contributed by atoms with Crippen molar-refractivity contribution >= 4 is 22.9 Å². The van der Waals surface area contributed by atoms with Gasteiger partial charge in [-0.05, 0) is 32.1 Å². The molecule has 0 spiro atoms. The van der Waals surface area contributed by atoms with Gasteiger partial charge < -0.3 is 15.6 Å².